The van der Waals surface area contributed by atoms with E-state index in [1.807, 2.05) is 56.3 Å². The van der Waals surface area contributed by atoms with Gasteiger partial charge in [0.15, 0.2) is 0 Å². The van der Waals surface area contributed by atoms with Crippen molar-refractivity contribution in [2.45, 2.75) is 26.4 Å². The first-order chi connectivity index (χ1) is 13.6. The van der Waals surface area contributed by atoms with Crippen molar-refractivity contribution < 1.29 is 19.0 Å². The highest BCUT2D eigenvalue weighted by Crippen LogP contribution is 2.35. The second kappa shape index (κ2) is 9.31. The fourth-order valence-corrected chi connectivity index (χ4v) is 3.08. The number of benzene rings is 2. The minimum Gasteiger partial charge on any atom is -0.493 e. The highest BCUT2D eigenvalue weighted by atomic mass is 16.5. The third kappa shape index (κ3) is 5.06. The second-order valence-electron chi connectivity index (χ2n) is 6.82. The van der Waals surface area contributed by atoms with Crippen molar-refractivity contribution in [2.24, 2.45) is 0 Å². The Balaban J connectivity index is 1.60. The zero-order valence-corrected chi connectivity index (χ0v) is 16.7. The van der Waals surface area contributed by atoms with Crippen LogP contribution in [0.2, 0.25) is 0 Å². The molecule has 0 bridgehead atoms. The van der Waals surface area contributed by atoms with Crippen molar-refractivity contribution >= 4 is 12.0 Å². The van der Waals surface area contributed by atoms with Crippen LogP contribution in [-0.2, 0) is 11.2 Å². The molecule has 2 aromatic carbocycles. The van der Waals surface area contributed by atoms with Crippen LogP contribution in [-0.4, -0.2) is 43.7 Å². The Labute approximate surface area is 166 Å². The van der Waals surface area contributed by atoms with Crippen LogP contribution >= 0.6 is 0 Å². The highest BCUT2D eigenvalue weighted by Gasteiger charge is 2.21. The molecule has 1 aliphatic rings. The summed E-state index contributed by atoms with van der Waals surface area (Å²) in [6.45, 7) is 5.51. The molecule has 0 saturated carbocycles. The summed E-state index contributed by atoms with van der Waals surface area (Å²) in [5.41, 5.74) is 1.99. The number of para-hydroxylation sites is 1. The molecule has 0 fully saturated rings. The van der Waals surface area contributed by atoms with Crippen molar-refractivity contribution in [2.75, 3.05) is 26.8 Å². The van der Waals surface area contributed by atoms with E-state index in [9.17, 15) is 4.79 Å². The summed E-state index contributed by atoms with van der Waals surface area (Å²) in [6.07, 6.45) is 4.39. The second-order valence-corrected chi connectivity index (χ2v) is 6.82. The number of hydrogen-bond donors (Lipinski definition) is 0. The number of rotatable bonds is 8. The van der Waals surface area contributed by atoms with Crippen LogP contribution in [0.4, 0.5) is 0 Å². The molecule has 0 aromatic heterocycles. The van der Waals surface area contributed by atoms with Gasteiger partial charge in [-0.15, -0.1) is 0 Å². The van der Waals surface area contributed by atoms with Crippen molar-refractivity contribution in [3.63, 3.8) is 0 Å². The molecule has 0 spiro atoms. The number of carbonyl (C=O) groups excluding carboxylic acids is 1. The molecular formula is C23H27NO4. The minimum atomic E-state index is -0.0890. The summed E-state index contributed by atoms with van der Waals surface area (Å²) < 4.78 is 17.2. The van der Waals surface area contributed by atoms with Crippen molar-refractivity contribution in [3.05, 3.63) is 59.7 Å². The molecule has 1 unspecified atom stereocenters. The SMILES string of the molecule is CCOc1cc2c(cc1/C=C/C(=O)N(C)CCOc1ccccc1)OC(C)C2. The van der Waals surface area contributed by atoms with Crippen LogP contribution in [0.25, 0.3) is 6.08 Å². The van der Waals surface area contributed by atoms with Gasteiger partial charge in [-0.1, -0.05) is 18.2 Å². The van der Waals surface area contributed by atoms with Gasteiger partial charge in [-0.25, -0.2) is 0 Å². The first-order valence-electron chi connectivity index (χ1n) is 9.64. The molecule has 1 aliphatic heterocycles. The number of ether oxygens (including phenoxy) is 3. The molecule has 1 amide bonds. The van der Waals surface area contributed by atoms with Gasteiger partial charge >= 0.3 is 0 Å². The summed E-state index contributed by atoms with van der Waals surface area (Å²) in [6, 6.07) is 13.5. The van der Waals surface area contributed by atoms with E-state index in [0.717, 1.165) is 34.8 Å². The van der Waals surface area contributed by atoms with E-state index in [2.05, 4.69) is 0 Å². The molecule has 2 aromatic rings. The summed E-state index contributed by atoms with van der Waals surface area (Å²) in [5.74, 6) is 2.35. The quantitative estimate of drug-likeness (QED) is 0.650. The van der Waals surface area contributed by atoms with Gasteiger partial charge in [0.1, 0.15) is 30.0 Å². The molecule has 1 heterocycles. The first-order valence-corrected chi connectivity index (χ1v) is 9.64. The van der Waals surface area contributed by atoms with Crippen molar-refractivity contribution in [1.82, 2.24) is 4.90 Å². The maximum absolute atomic E-state index is 12.4. The zero-order valence-electron chi connectivity index (χ0n) is 16.7. The van der Waals surface area contributed by atoms with Crippen LogP contribution in [0, 0.1) is 0 Å². The van der Waals surface area contributed by atoms with Crippen LogP contribution < -0.4 is 14.2 Å². The average Bonchev–Trinajstić information content (AvgIpc) is 3.05. The lowest BCUT2D eigenvalue weighted by atomic mass is 10.1. The molecule has 148 valence electrons. The van der Waals surface area contributed by atoms with E-state index in [4.69, 9.17) is 14.2 Å². The van der Waals surface area contributed by atoms with E-state index in [1.165, 1.54) is 0 Å². The Hall–Kier alpha value is -2.95. The van der Waals surface area contributed by atoms with E-state index < -0.39 is 0 Å². The Morgan fingerprint density at radius 3 is 2.79 bits per heavy atom. The monoisotopic (exact) mass is 381 g/mol. The van der Waals surface area contributed by atoms with E-state index in [1.54, 1.807) is 24.1 Å². The number of amides is 1. The lowest BCUT2D eigenvalue weighted by Crippen LogP contribution is -2.29. The summed E-state index contributed by atoms with van der Waals surface area (Å²) in [4.78, 5) is 14.1. The van der Waals surface area contributed by atoms with Crippen molar-refractivity contribution in [3.8, 4) is 17.2 Å². The maximum atomic E-state index is 12.4. The molecule has 0 N–H and O–H groups in total. The zero-order chi connectivity index (χ0) is 19.9. The van der Waals surface area contributed by atoms with E-state index >= 15 is 0 Å². The van der Waals surface area contributed by atoms with Gasteiger partial charge < -0.3 is 19.1 Å². The maximum Gasteiger partial charge on any atom is 0.246 e. The first kappa shape index (κ1) is 19.8. The summed E-state index contributed by atoms with van der Waals surface area (Å²) in [7, 11) is 1.76. The number of nitrogens with zero attached hydrogens (tertiary/aromatic N) is 1. The molecule has 0 saturated heterocycles. The van der Waals surface area contributed by atoms with Gasteiger partial charge in [0.25, 0.3) is 0 Å². The van der Waals surface area contributed by atoms with Crippen molar-refractivity contribution in [1.29, 1.82) is 0 Å². The summed E-state index contributed by atoms with van der Waals surface area (Å²) in [5, 5.41) is 0. The average molecular weight is 381 g/mol. The van der Waals surface area contributed by atoms with Gasteiger partial charge in [-0.3, -0.25) is 4.79 Å². The Morgan fingerprint density at radius 2 is 2.04 bits per heavy atom. The third-order valence-electron chi connectivity index (χ3n) is 4.55. The standard InChI is InChI=1S/C23H27NO4/c1-4-26-21-16-19-14-17(2)28-22(19)15-18(21)10-11-23(25)24(3)12-13-27-20-8-6-5-7-9-20/h5-11,15-17H,4,12-14H2,1-3H3/b11-10+. The van der Waals surface area contributed by atoms with Gasteiger partial charge in [-0.05, 0) is 44.2 Å². The number of fused-ring (bicyclic) bond motifs is 1. The van der Waals surface area contributed by atoms with Gasteiger partial charge in [-0.2, -0.15) is 0 Å². The van der Waals surface area contributed by atoms with E-state index in [-0.39, 0.29) is 12.0 Å². The fourth-order valence-electron chi connectivity index (χ4n) is 3.08. The van der Waals surface area contributed by atoms with Gasteiger partial charge in [0, 0.05) is 30.7 Å². The lowest BCUT2D eigenvalue weighted by Gasteiger charge is -2.16. The third-order valence-corrected chi connectivity index (χ3v) is 4.55. The molecule has 5 nitrogen and oxygen atoms in total. The predicted octanol–water partition coefficient (Wildman–Crippen LogP) is 3.96. The largest absolute Gasteiger partial charge is 0.493 e. The smallest absolute Gasteiger partial charge is 0.246 e. The molecule has 1 atom stereocenters. The molecule has 3 rings (SSSR count). The lowest BCUT2D eigenvalue weighted by molar-refractivity contribution is -0.125. The Bertz CT molecular complexity index is 832. The molecule has 5 heteroatoms. The number of likely N-dealkylation sites (N-methyl/N-ethyl adjacent to an activating group) is 1. The molecule has 28 heavy (non-hydrogen) atoms. The molecule has 0 aliphatic carbocycles. The minimum absolute atomic E-state index is 0.0890. The predicted molar refractivity (Wildman–Crippen MR) is 110 cm³/mol. The van der Waals surface area contributed by atoms with Crippen LogP contribution in [0.5, 0.6) is 17.2 Å². The number of hydrogen-bond acceptors (Lipinski definition) is 4. The van der Waals surface area contributed by atoms with Gasteiger partial charge in [0.2, 0.25) is 5.91 Å². The topological polar surface area (TPSA) is 48.0 Å². The fraction of sp³-hybridized carbons (Fsp3) is 0.348. The van der Waals surface area contributed by atoms with Crippen LogP contribution in [0.1, 0.15) is 25.0 Å². The number of carbonyl (C=O) groups is 1. The van der Waals surface area contributed by atoms with Gasteiger partial charge in [0.05, 0.1) is 13.2 Å². The molecular weight excluding hydrogens is 354 g/mol. The molecule has 0 radical (unpaired) electrons. The Kier molecular flexibility index (Phi) is 6.58. The van der Waals surface area contributed by atoms with E-state index in [0.29, 0.717) is 19.8 Å². The normalized spacial score (nSPS) is 15.2. The van der Waals surface area contributed by atoms with Crippen LogP contribution in [0.3, 0.4) is 0 Å². The highest BCUT2D eigenvalue weighted by molar-refractivity contribution is 5.92. The summed E-state index contributed by atoms with van der Waals surface area (Å²) >= 11 is 0. The Morgan fingerprint density at radius 1 is 1.25 bits per heavy atom. The van der Waals surface area contributed by atoms with Crippen LogP contribution in [0.15, 0.2) is 48.5 Å².